The van der Waals surface area contributed by atoms with E-state index < -0.39 is 0 Å². The quantitative estimate of drug-likeness (QED) is 0.166. The lowest BCUT2D eigenvalue weighted by molar-refractivity contribution is -0.201. The molecule has 0 radical (unpaired) electrons. The molecule has 1 aliphatic carbocycles. The molecule has 4 heteroatoms. The number of hydrogen-bond donors (Lipinski definition) is 2. The Morgan fingerprint density at radius 2 is 2.22 bits per heavy atom. The van der Waals surface area contributed by atoms with E-state index in [2.05, 4.69) is 54.3 Å². The van der Waals surface area contributed by atoms with Crippen molar-refractivity contribution in [1.29, 1.82) is 0 Å². The SMILES string of the molecule is C=CC1=CCCCC1.CCCCCC(S)OOS. The molecule has 0 aromatic rings. The van der Waals surface area contributed by atoms with Gasteiger partial charge in [-0.1, -0.05) is 44.1 Å². The first-order valence-corrected chi connectivity index (χ1v) is 7.59. The van der Waals surface area contributed by atoms with Crippen LogP contribution < -0.4 is 0 Å². The van der Waals surface area contributed by atoms with Gasteiger partial charge in [0.1, 0.15) is 5.44 Å². The molecule has 0 N–H and O–H groups in total. The van der Waals surface area contributed by atoms with Crippen LogP contribution in [0.15, 0.2) is 24.3 Å². The molecule has 106 valence electrons. The smallest absolute Gasteiger partial charge is 0.137 e. The van der Waals surface area contributed by atoms with E-state index in [1.54, 1.807) is 0 Å². The molecule has 0 aliphatic heterocycles. The number of hydrogen-bond acceptors (Lipinski definition) is 4. The van der Waals surface area contributed by atoms with Gasteiger partial charge in [-0.25, -0.2) is 4.89 Å². The Morgan fingerprint density at radius 1 is 1.44 bits per heavy atom. The second-order valence-corrected chi connectivity index (χ2v) is 5.08. The summed E-state index contributed by atoms with van der Waals surface area (Å²) in [7, 11) is 0. The molecule has 1 unspecified atom stereocenters. The summed E-state index contributed by atoms with van der Waals surface area (Å²) in [6.07, 6.45) is 14.0. The van der Waals surface area contributed by atoms with Crippen molar-refractivity contribution < 1.29 is 9.22 Å². The molecule has 0 heterocycles. The third-order valence-electron chi connectivity index (χ3n) is 2.80. The highest BCUT2D eigenvalue weighted by atomic mass is 32.1. The molecular weight excluding hydrogens is 264 g/mol. The monoisotopic (exact) mass is 290 g/mol. The minimum atomic E-state index is -0.135. The molecule has 0 saturated heterocycles. The maximum atomic E-state index is 4.62. The van der Waals surface area contributed by atoms with Crippen LogP contribution in [0.2, 0.25) is 0 Å². The van der Waals surface area contributed by atoms with Gasteiger partial charge in [0.05, 0.1) is 0 Å². The normalized spacial score (nSPS) is 16.3. The summed E-state index contributed by atoms with van der Waals surface area (Å²) in [4.78, 5) is 4.62. The van der Waals surface area contributed by atoms with Gasteiger partial charge in [0.25, 0.3) is 0 Å². The van der Waals surface area contributed by atoms with Crippen LogP contribution in [0, 0.1) is 0 Å². The molecule has 1 rings (SSSR count). The minimum Gasteiger partial charge on any atom is -0.211 e. The second kappa shape index (κ2) is 13.5. The van der Waals surface area contributed by atoms with Gasteiger partial charge in [0, 0.05) is 12.9 Å². The summed E-state index contributed by atoms with van der Waals surface area (Å²) in [5.41, 5.74) is 1.31. The molecule has 2 nitrogen and oxygen atoms in total. The molecule has 0 saturated carbocycles. The summed E-state index contributed by atoms with van der Waals surface area (Å²) in [5, 5.41) is 0. The Hall–Kier alpha value is 0.1000. The van der Waals surface area contributed by atoms with Crippen LogP contribution in [0.3, 0.4) is 0 Å². The van der Waals surface area contributed by atoms with Crippen molar-refractivity contribution in [3.05, 3.63) is 24.3 Å². The van der Waals surface area contributed by atoms with Crippen molar-refractivity contribution in [1.82, 2.24) is 0 Å². The molecule has 1 atom stereocenters. The van der Waals surface area contributed by atoms with Gasteiger partial charge in [-0.05, 0) is 38.5 Å². The lowest BCUT2D eigenvalue weighted by atomic mass is 10.0. The topological polar surface area (TPSA) is 18.5 Å². The van der Waals surface area contributed by atoms with E-state index in [1.165, 1.54) is 44.1 Å². The first-order valence-electron chi connectivity index (χ1n) is 6.71. The molecule has 0 aromatic heterocycles. The highest BCUT2D eigenvalue weighted by molar-refractivity contribution is 7.80. The summed E-state index contributed by atoms with van der Waals surface area (Å²) >= 11 is 7.52. The number of unbranched alkanes of at least 4 members (excludes halogenated alkanes) is 2. The van der Waals surface area contributed by atoms with Crippen LogP contribution in [0.1, 0.15) is 58.3 Å². The standard InChI is InChI=1S/C8H12.C6H14O2S2/c1-2-8-6-4-3-5-7-8;1-2-3-4-5-6(9)7-8-10/h2,6H,1,3-5,7H2;6,9-10H,2-5H2,1H3. The van der Waals surface area contributed by atoms with E-state index in [0.717, 1.165) is 12.8 Å². The molecule has 18 heavy (non-hydrogen) atoms. The van der Waals surface area contributed by atoms with Gasteiger partial charge in [0.15, 0.2) is 0 Å². The van der Waals surface area contributed by atoms with Crippen LogP contribution in [0.5, 0.6) is 0 Å². The average Bonchev–Trinajstić information content (AvgIpc) is 2.41. The first-order chi connectivity index (χ1) is 8.74. The van der Waals surface area contributed by atoms with Gasteiger partial charge in [0.2, 0.25) is 0 Å². The maximum Gasteiger partial charge on any atom is 0.137 e. The number of thiol groups is 2. The van der Waals surface area contributed by atoms with Gasteiger partial charge in [-0.2, -0.15) is 4.33 Å². The van der Waals surface area contributed by atoms with Gasteiger partial charge >= 0.3 is 0 Å². The van der Waals surface area contributed by atoms with E-state index in [4.69, 9.17) is 0 Å². The van der Waals surface area contributed by atoms with Crippen LogP contribution in [-0.2, 0) is 9.22 Å². The fourth-order valence-corrected chi connectivity index (χ4v) is 2.11. The van der Waals surface area contributed by atoms with E-state index in [1.807, 2.05) is 6.08 Å². The van der Waals surface area contributed by atoms with E-state index in [0.29, 0.717) is 0 Å². The van der Waals surface area contributed by atoms with Gasteiger partial charge < -0.3 is 0 Å². The zero-order chi connectivity index (χ0) is 13.6. The van der Waals surface area contributed by atoms with Gasteiger partial charge in [-0.15, -0.1) is 12.6 Å². The zero-order valence-electron chi connectivity index (χ0n) is 11.3. The van der Waals surface area contributed by atoms with Crippen molar-refractivity contribution in [2.24, 2.45) is 0 Å². The molecule has 0 fully saturated rings. The van der Waals surface area contributed by atoms with E-state index in [-0.39, 0.29) is 5.44 Å². The predicted molar refractivity (Wildman–Crippen MR) is 84.8 cm³/mol. The Bertz CT molecular complexity index is 230. The Labute approximate surface area is 123 Å². The van der Waals surface area contributed by atoms with Crippen molar-refractivity contribution in [2.75, 3.05) is 0 Å². The summed E-state index contributed by atoms with van der Waals surface area (Å²) in [6, 6.07) is 0. The first kappa shape index (κ1) is 18.1. The van der Waals surface area contributed by atoms with Crippen molar-refractivity contribution in [3.8, 4) is 0 Å². The van der Waals surface area contributed by atoms with Crippen molar-refractivity contribution >= 4 is 25.5 Å². The Morgan fingerprint density at radius 3 is 2.67 bits per heavy atom. The van der Waals surface area contributed by atoms with Gasteiger partial charge in [-0.3, -0.25) is 0 Å². The van der Waals surface area contributed by atoms with Crippen molar-refractivity contribution in [3.63, 3.8) is 0 Å². The molecule has 0 aromatic carbocycles. The summed E-state index contributed by atoms with van der Waals surface area (Å²) < 4.78 is 4.15. The van der Waals surface area contributed by atoms with E-state index >= 15 is 0 Å². The largest absolute Gasteiger partial charge is 0.211 e. The Balaban J connectivity index is 0.000000327. The number of rotatable bonds is 7. The number of allylic oxidation sites excluding steroid dienone is 3. The molecule has 0 amide bonds. The van der Waals surface area contributed by atoms with Crippen LogP contribution in [0.25, 0.3) is 0 Å². The molecule has 0 spiro atoms. The molecule has 0 bridgehead atoms. The highest BCUT2D eigenvalue weighted by Gasteiger charge is 2.01. The fraction of sp³-hybridized carbons (Fsp3) is 0.714. The van der Waals surface area contributed by atoms with Crippen LogP contribution in [0.4, 0.5) is 0 Å². The fourth-order valence-electron chi connectivity index (χ4n) is 1.72. The molecule has 1 aliphatic rings. The lowest BCUT2D eigenvalue weighted by Gasteiger charge is -2.06. The second-order valence-electron chi connectivity index (χ2n) is 4.35. The lowest BCUT2D eigenvalue weighted by Crippen LogP contribution is -2.01. The zero-order valence-corrected chi connectivity index (χ0v) is 13.1. The predicted octanol–water partition coefficient (Wildman–Crippen LogP) is 5.29. The highest BCUT2D eigenvalue weighted by Crippen LogP contribution is 2.17. The van der Waals surface area contributed by atoms with Crippen LogP contribution >= 0.6 is 25.5 Å². The third-order valence-corrected chi connectivity index (χ3v) is 3.23. The van der Waals surface area contributed by atoms with Crippen LogP contribution in [-0.4, -0.2) is 5.44 Å². The Kier molecular flexibility index (Phi) is 13.6. The molecular formula is C14H26O2S2. The summed E-state index contributed by atoms with van der Waals surface area (Å²) in [5.74, 6) is 0. The van der Waals surface area contributed by atoms with Crippen molar-refractivity contribution in [2.45, 2.75) is 63.7 Å². The summed E-state index contributed by atoms with van der Waals surface area (Å²) in [6.45, 7) is 5.87. The minimum absolute atomic E-state index is 0.135. The third kappa shape index (κ3) is 11.2. The maximum absolute atomic E-state index is 4.62. The van der Waals surface area contributed by atoms with E-state index in [9.17, 15) is 0 Å². The average molecular weight is 290 g/mol.